The van der Waals surface area contributed by atoms with E-state index in [-0.39, 0.29) is 11.9 Å². The average molecular weight is 197 g/mol. The second-order valence-electron chi connectivity index (χ2n) is 4.39. The van der Waals surface area contributed by atoms with Gasteiger partial charge < -0.3 is 16.0 Å². The molecule has 2 aliphatic rings. The van der Waals surface area contributed by atoms with Crippen molar-refractivity contribution >= 4 is 5.91 Å². The van der Waals surface area contributed by atoms with E-state index in [0.717, 1.165) is 32.5 Å². The number of carbonyl (C=O) groups excluding carboxylic acids is 1. The molecule has 0 aromatic rings. The van der Waals surface area contributed by atoms with Gasteiger partial charge in [-0.25, -0.2) is 0 Å². The minimum Gasteiger partial charge on any atom is -0.341 e. The molecule has 14 heavy (non-hydrogen) atoms. The van der Waals surface area contributed by atoms with Crippen molar-refractivity contribution in [2.75, 3.05) is 19.6 Å². The van der Waals surface area contributed by atoms with E-state index in [0.29, 0.717) is 12.5 Å². The minimum absolute atomic E-state index is 0.204. The fourth-order valence-corrected chi connectivity index (χ4v) is 2.28. The summed E-state index contributed by atoms with van der Waals surface area (Å²) < 4.78 is 0. The summed E-state index contributed by atoms with van der Waals surface area (Å²) in [6.45, 7) is 2.68. The number of hydrogen-bond acceptors (Lipinski definition) is 3. The van der Waals surface area contributed by atoms with Crippen molar-refractivity contribution < 1.29 is 4.79 Å². The van der Waals surface area contributed by atoms with Gasteiger partial charge in [0.05, 0.1) is 0 Å². The molecule has 0 bridgehead atoms. The predicted octanol–water partition coefficient (Wildman–Crippen LogP) is -0.312. The normalized spacial score (nSPS) is 32.5. The first-order valence-electron chi connectivity index (χ1n) is 5.52. The number of nitrogens with one attached hydrogen (secondary N) is 1. The summed E-state index contributed by atoms with van der Waals surface area (Å²) in [5.41, 5.74) is 5.76. The minimum atomic E-state index is 0.204. The van der Waals surface area contributed by atoms with Crippen molar-refractivity contribution in [3.63, 3.8) is 0 Å². The molecule has 1 amide bonds. The quantitative estimate of drug-likeness (QED) is 0.638. The van der Waals surface area contributed by atoms with Gasteiger partial charge >= 0.3 is 0 Å². The molecule has 4 nitrogen and oxygen atoms in total. The second kappa shape index (κ2) is 4.28. The lowest BCUT2D eigenvalue weighted by molar-refractivity contribution is -0.130. The van der Waals surface area contributed by atoms with Gasteiger partial charge in [0.1, 0.15) is 0 Å². The van der Waals surface area contributed by atoms with Crippen molar-refractivity contribution in [1.82, 2.24) is 10.2 Å². The zero-order chi connectivity index (χ0) is 9.97. The highest BCUT2D eigenvalue weighted by molar-refractivity contribution is 5.77. The Morgan fingerprint density at radius 1 is 1.50 bits per heavy atom. The Morgan fingerprint density at radius 2 is 2.36 bits per heavy atom. The third-order valence-corrected chi connectivity index (χ3v) is 3.16. The van der Waals surface area contributed by atoms with E-state index in [1.165, 1.54) is 6.42 Å². The van der Waals surface area contributed by atoms with E-state index in [4.69, 9.17) is 5.73 Å². The lowest BCUT2D eigenvalue weighted by Crippen LogP contribution is -2.36. The molecule has 0 aromatic heterocycles. The van der Waals surface area contributed by atoms with Crippen LogP contribution in [0.1, 0.15) is 25.7 Å². The first kappa shape index (κ1) is 9.93. The molecule has 4 heteroatoms. The molecule has 2 rings (SSSR count). The van der Waals surface area contributed by atoms with Gasteiger partial charge in [0.2, 0.25) is 5.91 Å². The fraction of sp³-hybridized carbons (Fsp3) is 0.900. The highest BCUT2D eigenvalue weighted by Crippen LogP contribution is 2.13. The lowest BCUT2D eigenvalue weighted by atomic mass is 10.1. The topological polar surface area (TPSA) is 58.4 Å². The van der Waals surface area contributed by atoms with Gasteiger partial charge in [0.15, 0.2) is 0 Å². The molecule has 2 fully saturated rings. The molecule has 2 saturated heterocycles. The first-order chi connectivity index (χ1) is 6.75. The number of likely N-dealkylation sites (tertiary alicyclic amines) is 1. The van der Waals surface area contributed by atoms with Crippen molar-refractivity contribution in [2.45, 2.75) is 37.8 Å². The van der Waals surface area contributed by atoms with E-state index >= 15 is 0 Å². The van der Waals surface area contributed by atoms with Gasteiger partial charge in [-0.2, -0.15) is 0 Å². The molecule has 80 valence electrons. The summed E-state index contributed by atoms with van der Waals surface area (Å²) in [4.78, 5) is 13.7. The summed E-state index contributed by atoms with van der Waals surface area (Å²) in [5.74, 6) is 0.275. The maximum absolute atomic E-state index is 11.8. The number of hydrogen-bond donors (Lipinski definition) is 2. The van der Waals surface area contributed by atoms with Gasteiger partial charge in [-0.3, -0.25) is 4.79 Å². The highest BCUT2D eigenvalue weighted by atomic mass is 16.2. The predicted molar refractivity (Wildman–Crippen MR) is 54.8 cm³/mol. The Hall–Kier alpha value is -0.610. The van der Waals surface area contributed by atoms with E-state index in [1.54, 1.807) is 0 Å². The van der Waals surface area contributed by atoms with E-state index in [2.05, 4.69) is 5.32 Å². The molecule has 2 atom stereocenters. The van der Waals surface area contributed by atoms with Crippen molar-refractivity contribution in [1.29, 1.82) is 0 Å². The van der Waals surface area contributed by atoms with Crippen LogP contribution in [0.15, 0.2) is 0 Å². The van der Waals surface area contributed by atoms with Crippen LogP contribution in [0, 0.1) is 0 Å². The number of amides is 1. The number of nitrogens with zero attached hydrogens (tertiary/aromatic N) is 1. The third kappa shape index (κ3) is 2.25. The van der Waals surface area contributed by atoms with Gasteiger partial charge in [0.25, 0.3) is 0 Å². The highest BCUT2D eigenvalue weighted by Gasteiger charge is 2.26. The van der Waals surface area contributed by atoms with Crippen LogP contribution in [0.25, 0.3) is 0 Å². The van der Waals surface area contributed by atoms with Gasteiger partial charge in [0, 0.05) is 31.6 Å². The Labute approximate surface area is 84.8 Å². The van der Waals surface area contributed by atoms with Crippen molar-refractivity contribution in [3.8, 4) is 0 Å². The smallest absolute Gasteiger partial charge is 0.224 e. The van der Waals surface area contributed by atoms with Crippen LogP contribution in [0.2, 0.25) is 0 Å². The summed E-state index contributed by atoms with van der Waals surface area (Å²) >= 11 is 0. The Balaban J connectivity index is 1.77. The number of rotatable bonds is 2. The lowest BCUT2D eigenvalue weighted by Gasteiger charge is -2.18. The first-order valence-corrected chi connectivity index (χ1v) is 5.52. The molecular formula is C10H19N3O. The largest absolute Gasteiger partial charge is 0.341 e. The van der Waals surface area contributed by atoms with Crippen LogP contribution < -0.4 is 11.1 Å². The molecule has 0 aliphatic carbocycles. The van der Waals surface area contributed by atoms with Crippen LogP contribution in [0.3, 0.4) is 0 Å². The Bertz CT molecular complexity index is 213. The molecule has 2 aliphatic heterocycles. The molecule has 1 unspecified atom stereocenters. The van der Waals surface area contributed by atoms with Crippen LogP contribution >= 0.6 is 0 Å². The van der Waals surface area contributed by atoms with Crippen molar-refractivity contribution in [2.24, 2.45) is 5.73 Å². The third-order valence-electron chi connectivity index (χ3n) is 3.16. The van der Waals surface area contributed by atoms with Gasteiger partial charge in [-0.05, 0) is 25.8 Å². The van der Waals surface area contributed by atoms with Gasteiger partial charge in [-0.15, -0.1) is 0 Å². The SMILES string of the molecule is N[C@H]1CCN(C(=O)CC2CCCN2)C1. The van der Waals surface area contributed by atoms with Crippen LogP contribution in [0.4, 0.5) is 0 Å². The van der Waals surface area contributed by atoms with Crippen LogP contribution in [-0.4, -0.2) is 42.5 Å². The molecule has 0 radical (unpaired) electrons. The number of nitrogens with two attached hydrogens (primary N) is 1. The summed E-state index contributed by atoms with van der Waals surface area (Å²) in [6, 6.07) is 0.620. The average Bonchev–Trinajstić information content (AvgIpc) is 2.75. The summed E-state index contributed by atoms with van der Waals surface area (Å²) in [5, 5.41) is 3.34. The van der Waals surface area contributed by atoms with E-state index < -0.39 is 0 Å². The maximum atomic E-state index is 11.8. The second-order valence-corrected chi connectivity index (χ2v) is 4.39. The Morgan fingerprint density at radius 3 is 2.93 bits per heavy atom. The molecule has 0 spiro atoms. The monoisotopic (exact) mass is 197 g/mol. The molecule has 3 N–H and O–H groups in total. The van der Waals surface area contributed by atoms with E-state index in [9.17, 15) is 4.79 Å². The molecule has 0 saturated carbocycles. The van der Waals surface area contributed by atoms with Crippen LogP contribution in [-0.2, 0) is 4.79 Å². The zero-order valence-electron chi connectivity index (χ0n) is 8.54. The molecule has 2 heterocycles. The van der Waals surface area contributed by atoms with Gasteiger partial charge in [-0.1, -0.05) is 0 Å². The van der Waals surface area contributed by atoms with Crippen molar-refractivity contribution in [3.05, 3.63) is 0 Å². The Kier molecular flexibility index (Phi) is 3.03. The molecular weight excluding hydrogens is 178 g/mol. The van der Waals surface area contributed by atoms with E-state index in [1.807, 2.05) is 4.90 Å². The number of carbonyl (C=O) groups is 1. The molecule has 0 aromatic carbocycles. The zero-order valence-corrected chi connectivity index (χ0v) is 8.54. The van der Waals surface area contributed by atoms with Crippen LogP contribution in [0.5, 0.6) is 0 Å². The summed E-state index contributed by atoms with van der Waals surface area (Å²) in [7, 11) is 0. The fourth-order valence-electron chi connectivity index (χ4n) is 2.28. The summed E-state index contributed by atoms with van der Waals surface area (Å²) in [6.07, 6.45) is 3.97. The maximum Gasteiger partial charge on any atom is 0.224 e. The standard InChI is InChI=1S/C10H19N3O/c11-8-3-5-13(7-8)10(14)6-9-2-1-4-12-9/h8-9,12H,1-7,11H2/t8-,9?/m0/s1.